The summed E-state index contributed by atoms with van der Waals surface area (Å²) in [6.45, 7) is 21.7. The van der Waals surface area contributed by atoms with Gasteiger partial charge >= 0.3 is 0 Å². The molecule has 5 rings (SSSR count). The highest BCUT2D eigenvalue weighted by Gasteiger charge is 2.55. The van der Waals surface area contributed by atoms with Gasteiger partial charge in [-0.2, -0.15) is 0 Å². The van der Waals surface area contributed by atoms with Crippen LogP contribution in [0.2, 0.25) is 5.04 Å². The molecule has 3 saturated heterocycles. The van der Waals surface area contributed by atoms with Crippen molar-refractivity contribution in [2.75, 3.05) is 6.61 Å². The highest BCUT2D eigenvalue weighted by Crippen LogP contribution is 2.43. The van der Waals surface area contributed by atoms with Crippen LogP contribution in [0.15, 0.2) is 73.3 Å². The molecular formula is C35H50O6Si. The second-order valence-electron chi connectivity index (χ2n) is 14.2. The molecule has 7 heteroatoms. The highest BCUT2D eigenvalue weighted by atomic mass is 28.4. The first-order chi connectivity index (χ1) is 19.7. The summed E-state index contributed by atoms with van der Waals surface area (Å²) < 4.78 is 39.2. The summed E-state index contributed by atoms with van der Waals surface area (Å²) in [6.07, 6.45) is 2.35. The van der Waals surface area contributed by atoms with Crippen LogP contribution in [0.3, 0.4) is 0 Å². The van der Waals surface area contributed by atoms with Crippen LogP contribution < -0.4 is 10.4 Å². The van der Waals surface area contributed by atoms with E-state index >= 15 is 0 Å². The van der Waals surface area contributed by atoms with Crippen LogP contribution in [0, 0.1) is 5.92 Å². The molecule has 0 aromatic heterocycles. The van der Waals surface area contributed by atoms with Gasteiger partial charge in [0.15, 0.2) is 11.6 Å². The summed E-state index contributed by atoms with van der Waals surface area (Å²) >= 11 is 0. The fourth-order valence-corrected chi connectivity index (χ4v) is 11.8. The highest BCUT2D eigenvalue weighted by molar-refractivity contribution is 6.99. The van der Waals surface area contributed by atoms with Gasteiger partial charge in [-0.05, 0) is 55.4 Å². The van der Waals surface area contributed by atoms with E-state index in [9.17, 15) is 0 Å². The fraction of sp³-hybridized carbons (Fsp3) is 0.600. The number of fused-ring (bicyclic) bond motifs is 1. The second kappa shape index (κ2) is 11.9. The first kappa shape index (κ1) is 31.6. The standard InChI is InChI=1S/C35H50O6Si/c1-10-27-32(41-35(8,9)38-27)28-22-30-31(37-28)29(39-34(6,7)40-30)21-24(2)23-36-42(33(3,4)5,25-17-13-11-14-18-25)26-19-15-12-16-20-26/h10-20,24,27-32H,1,21-23H2,2-9H3/t24-,27+,28+,29-,30-,31-,32+/m1/s1. The summed E-state index contributed by atoms with van der Waals surface area (Å²) in [6, 6.07) is 21.6. The largest absolute Gasteiger partial charge is 0.407 e. The van der Waals surface area contributed by atoms with Crippen LogP contribution in [-0.4, -0.2) is 63.1 Å². The van der Waals surface area contributed by atoms with Crippen molar-refractivity contribution in [1.82, 2.24) is 0 Å². The van der Waals surface area contributed by atoms with Gasteiger partial charge in [-0.1, -0.05) is 94.4 Å². The third kappa shape index (κ3) is 6.34. The molecule has 7 atom stereocenters. The summed E-state index contributed by atoms with van der Waals surface area (Å²) in [5, 5.41) is 2.51. The minimum atomic E-state index is -2.62. The Balaban J connectivity index is 1.34. The molecule has 3 aliphatic heterocycles. The van der Waals surface area contributed by atoms with E-state index in [0.29, 0.717) is 6.61 Å². The van der Waals surface area contributed by atoms with Gasteiger partial charge < -0.3 is 28.1 Å². The summed E-state index contributed by atoms with van der Waals surface area (Å²) in [5.41, 5.74) is 0. The third-order valence-corrected chi connectivity index (χ3v) is 13.8. The number of hydrogen-bond acceptors (Lipinski definition) is 6. The minimum Gasteiger partial charge on any atom is -0.407 e. The molecule has 0 bridgehead atoms. The SMILES string of the molecule is C=C[C@@H]1OC(C)(C)O[C@@H]1[C@@H]1C[C@H]2OC(C)(C)O[C@H](C[C@@H](C)CO[Si](c3ccccc3)(c3ccccc3)C(C)(C)C)[C@H]2O1. The predicted molar refractivity (Wildman–Crippen MR) is 168 cm³/mol. The molecule has 2 aromatic carbocycles. The zero-order valence-corrected chi connectivity index (χ0v) is 27.7. The lowest BCUT2D eigenvalue weighted by atomic mass is 9.94. The quantitative estimate of drug-likeness (QED) is 0.263. The van der Waals surface area contributed by atoms with Crippen LogP contribution in [-0.2, 0) is 28.1 Å². The Morgan fingerprint density at radius 3 is 1.98 bits per heavy atom. The van der Waals surface area contributed by atoms with Gasteiger partial charge in [0.05, 0.1) is 18.3 Å². The summed E-state index contributed by atoms with van der Waals surface area (Å²) in [7, 11) is -2.62. The van der Waals surface area contributed by atoms with E-state index < -0.39 is 19.9 Å². The van der Waals surface area contributed by atoms with Gasteiger partial charge in [0, 0.05) is 13.0 Å². The first-order valence-corrected chi connectivity index (χ1v) is 17.4. The Labute approximate surface area is 253 Å². The average molecular weight is 595 g/mol. The molecule has 3 aliphatic rings. The zero-order chi connectivity index (χ0) is 30.3. The van der Waals surface area contributed by atoms with Gasteiger partial charge in [0.1, 0.15) is 18.3 Å². The molecule has 0 unspecified atom stereocenters. The monoisotopic (exact) mass is 594 g/mol. The van der Waals surface area contributed by atoms with Gasteiger partial charge in [0.2, 0.25) is 0 Å². The third-order valence-electron chi connectivity index (χ3n) is 8.80. The lowest BCUT2D eigenvalue weighted by Gasteiger charge is -2.45. The number of hydrogen-bond donors (Lipinski definition) is 0. The summed E-state index contributed by atoms with van der Waals surface area (Å²) in [5.74, 6) is -1.14. The lowest BCUT2D eigenvalue weighted by Crippen LogP contribution is -2.67. The van der Waals surface area contributed by atoms with E-state index in [2.05, 4.69) is 94.9 Å². The molecule has 2 aromatic rings. The Kier molecular flexibility index (Phi) is 8.96. The van der Waals surface area contributed by atoms with Gasteiger partial charge in [-0.25, -0.2) is 0 Å². The topological polar surface area (TPSA) is 55.4 Å². The Bertz CT molecular complexity index is 1150. The Morgan fingerprint density at radius 2 is 1.43 bits per heavy atom. The molecule has 0 saturated carbocycles. The van der Waals surface area contributed by atoms with Crippen LogP contribution in [0.25, 0.3) is 0 Å². The van der Waals surface area contributed by atoms with Crippen molar-refractivity contribution in [3.8, 4) is 0 Å². The zero-order valence-electron chi connectivity index (χ0n) is 26.7. The molecule has 0 amide bonds. The molecular weight excluding hydrogens is 544 g/mol. The molecule has 0 radical (unpaired) electrons. The molecule has 3 heterocycles. The van der Waals surface area contributed by atoms with Crippen molar-refractivity contribution < 1.29 is 28.1 Å². The molecule has 0 aliphatic carbocycles. The van der Waals surface area contributed by atoms with E-state index in [-0.39, 0.29) is 47.6 Å². The Morgan fingerprint density at radius 1 is 0.857 bits per heavy atom. The average Bonchev–Trinajstić information content (AvgIpc) is 3.48. The fourth-order valence-electron chi connectivity index (χ4n) is 7.15. The predicted octanol–water partition coefficient (Wildman–Crippen LogP) is 5.97. The van der Waals surface area contributed by atoms with Crippen molar-refractivity contribution in [2.24, 2.45) is 5.92 Å². The van der Waals surface area contributed by atoms with E-state index in [4.69, 9.17) is 28.1 Å². The van der Waals surface area contributed by atoms with E-state index in [1.807, 2.05) is 33.8 Å². The maximum Gasteiger partial charge on any atom is 0.261 e. The molecule has 230 valence electrons. The molecule has 0 spiro atoms. The Hall–Kier alpha value is -1.84. The lowest BCUT2D eigenvalue weighted by molar-refractivity contribution is -0.325. The van der Waals surface area contributed by atoms with E-state index in [0.717, 1.165) is 12.8 Å². The van der Waals surface area contributed by atoms with Crippen LogP contribution in [0.5, 0.6) is 0 Å². The normalized spacial score (nSPS) is 31.4. The van der Waals surface area contributed by atoms with Gasteiger partial charge in [-0.15, -0.1) is 6.58 Å². The van der Waals surface area contributed by atoms with Crippen molar-refractivity contribution in [1.29, 1.82) is 0 Å². The number of rotatable bonds is 9. The first-order valence-electron chi connectivity index (χ1n) is 15.5. The van der Waals surface area contributed by atoms with Crippen molar-refractivity contribution >= 4 is 18.7 Å². The smallest absolute Gasteiger partial charge is 0.261 e. The number of benzene rings is 2. The van der Waals surface area contributed by atoms with Crippen LogP contribution in [0.4, 0.5) is 0 Å². The van der Waals surface area contributed by atoms with Crippen molar-refractivity contribution in [3.05, 3.63) is 73.3 Å². The second-order valence-corrected chi connectivity index (χ2v) is 18.5. The van der Waals surface area contributed by atoms with Crippen molar-refractivity contribution in [2.45, 2.75) is 121 Å². The summed E-state index contributed by atoms with van der Waals surface area (Å²) in [4.78, 5) is 0. The molecule has 3 fully saturated rings. The van der Waals surface area contributed by atoms with Gasteiger partial charge in [0.25, 0.3) is 8.32 Å². The van der Waals surface area contributed by atoms with E-state index in [1.54, 1.807) is 0 Å². The van der Waals surface area contributed by atoms with Crippen LogP contribution >= 0.6 is 0 Å². The number of ether oxygens (including phenoxy) is 5. The molecule has 6 nitrogen and oxygen atoms in total. The van der Waals surface area contributed by atoms with E-state index in [1.165, 1.54) is 10.4 Å². The van der Waals surface area contributed by atoms with Crippen LogP contribution in [0.1, 0.15) is 68.2 Å². The minimum absolute atomic E-state index is 0.0711. The maximum atomic E-state index is 7.25. The van der Waals surface area contributed by atoms with Gasteiger partial charge in [-0.3, -0.25) is 0 Å². The maximum absolute atomic E-state index is 7.25. The van der Waals surface area contributed by atoms with Crippen molar-refractivity contribution in [3.63, 3.8) is 0 Å². The molecule has 0 N–H and O–H groups in total. The molecule has 42 heavy (non-hydrogen) atoms.